The van der Waals surface area contributed by atoms with Gasteiger partial charge in [0.05, 0.1) is 6.61 Å². The zero-order valence-corrected chi connectivity index (χ0v) is 11.1. The number of aliphatic hydroxyl groups is 1. The average molecular weight is 272 g/mol. The summed E-state index contributed by atoms with van der Waals surface area (Å²) in [6, 6.07) is 5.07. The Morgan fingerprint density at radius 2 is 1.90 bits per heavy atom. The molecule has 0 aromatic carbocycles. The molecular formula is C15H16N2O3. The van der Waals surface area contributed by atoms with Crippen molar-refractivity contribution in [2.45, 2.75) is 32.1 Å². The molecule has 2 amide bonds. The maximum Gasteiger partial charge on any atom is 0.234 e. The average Bonchev–Trinajstić information content (AvgIpc) is 2.60. The molecule has 1 aliphatic rings. The topological polar surface area (TPSA) is 70.5 Å². The molecule has 1 fully saturated rings. The van der Waals surface area contributed by atoms with Gasteiger partial charge in [-0.05, 0) is 30.9 Å². The van der Waals surface area contributed by atoms with Crippen LogP contribution in [-0.2, 0) is 9.59 Å². The van der Waals surface area contributed by atoms with Crippen LogP contribution in [0.3, 0.4) is 0 Å². The summed E-state index contributed by atoms with van der Waals surface area (Å²) in [6.45, 7) is -0.00418. The Morgan fingerprint density at radius 3 is 2.55 bits per heavy atom. The van der Waals surface area contributed by atoms with Crippen molar-refractivity contribution in [1.29, 1.82) is 0 Å². The van der Waals surface area contributed by atoms with E-state index in [1.54, 1.807) is 18.2 Å². The smallest absolute Gasteiger partial charge is 0.234 e. The van der Waals surface area contributed by atoms with Crippen LogP contribution >= 0.6 is 0 Å². The van der Waals surface area contributed by atoms with Gasteiger partial charge in [-0.1, -0.05) is 12.0 Å². The van der Waals surface area contributed by atoms with Crippen molar-refractivity contribution in [1.82, 2.24) is 4.98 Å². The molecule has 104 valence electrons. The fourth-order valence-corrected chi connectivity index (χ4v) is 2.00. The molecular weight excluding hydrogens is 256 g/mol. The predicted molar refractivity (Wildman–Crippen MR) is 73.8 cm³/mol. The van der Waals surface area contributed by atoms with Gasteiger partial charge in [-0.3, -0.25) is 9.59 Å². The quantitative estimate of drug-likeness (QED) is 0.649. The Morgan fingerprint density at radius 1 is 1.20 bits per heavy atom. The van der Waals surface area contributed by atoms with E-state index in [1.165, 1.54) is 0 Å². The van der Waals surface area contributed by atoms with E-state index in [-0.39, 0.29) is 18.4 Å². The van der Waals surface area contributed by atoms with Crippen LogP contribution in [0.5, 0.6) is 0 Å². The van der Waals surface area contributed by atoms with Gasteiger partial charge in [-0.25, -0.2) is 9.88 Å². The Hall–Kier alpha value is -2.19. The van der Waals surface area contributed by atoms with Crippen LogP contribution in [0.4, 0.5) is 5.82 Å². The van der Waals surface area contributed by atoms with Crippen LogP contribution in [-0.4, -0.2) is 28.5 Å². The van der Waals surface area contributed by atoms with Crippen molar-refractivity contribution >= 4 is 17.6 Å². The van der Waals surface area contributed by atoms with Crippen LogP contribution in [0.15, 0.2) is 18.2 Å². The summed E-state index contributed by atoms with van der Waals surface area (Å²) in [5.41, 5.74) is 0.487. The normalized spacial score (nSPS) is 15.6. The molecule has 5 heteroatoms. The lowest BCUT2D eigenvalue weighted by Gasteiger charge is -2.17. The van der Waals surface area contributed by atoms with Gasteiger partial charge in [0.15, 0.2) is 0 Å². The number of anilines is 1. The second kappa shape index (κ2) is 6.83. The second-order valence-corrected chi connectivity index (χ2v) is 4.49. The van der Waals surface area contributed by atoms with E-state index in [9.17, 15) is 9.59 Å². The largest absolute Gasteiger partial charge is 0.395 e. The monoisotopic (exact) mass is 272 g/mol. The number of carbonyl (C=O) groups excluding carboxylic acids is 2. The highest BCUT2D eigenvalue weighted by Gasteiger charge is 2.26. The Labute approximate surface area is 117 Å². The SMILES string of the molecule is O=C1CCCCC(=O)N1c1cccc(C#CCCO)n1. The number of hydrogen-bond acceptors (Lipinski definition) is 4. The minimum atomic E-state index is -0.208. The highest BCUT2D eigenvalue weighted by atomic mass is 16.2. The molecule has 0 aliphatic carbocycles. The van der Waals surface area contributed by atoms with Crippen molar-refractivity contribution in [3.05, 3.63) is 23.9 Å². The molecule has 0 atom stereocenters. The van der Waals surface area contributed by atoms with E-state index >= 15 is 0 Å². The Balaban J connectivity index is 2.27. The van der Waals surface area contributed by atoms with Gasteiger partial charge in [0.25, 0.3) is 0 Å². The predicted octanol–water partition coefficient (Wildman–Crippen LogP) is 1.25. The van der Waals surface area contributed by atoms with E-state index < -0.39 is 0 Å². The van der Waals surface area contributed by atoms with Crippen molar-refractivity contribution < 1.29 is 14.7 Å². The minimum absolute atomic E-state index is 0.00418. The number of pyridine rings is 1. The van der Waals surface area contributed by atoms with Crippen molar-refractivity contribution in [3.63, 3.8) is 0 Å². The third kappa shape index (κ3) is 3.43. The summed E-state index contributed by atoms with van der Waals surface area (Å²) in [5.74, 6) is 5.48. The highest BCUT2D eigenvalue weighted by Crippen LogP contribution is 2.19. The molecule has 1 saturated heterocycles. The number of aromatic nitrogens is 1. The molecule has 2 heterocycles. The van der Waals surface area contributed by atoms with Crippen LogP contribution in [0.25, 0.3) is 0 Å². The first-order valence-corrected chi connectivity index (χ1v) is 6.65. The molecule has 1 N–H and O–H groups in total. The van der Waals surface area contributed by atoms with Gasteiger partial charge in [0.1, 0.15) is 11.5 Å². The van der Waals surface area contributed by atoms with Gasteiger partial charge >= 0.3 is 0 Å². The number of imide groups is 1. The van der Waals surface area contributed by atoms with E-state index in [4.69, 9.17) is 5.11 Å². The van der Waals surface area contributed by atoms with Crippen LogP contribution < -0.4 is 4.90 Å². The van der Waals surface area contributed by atoms with Gasteiger partial charge in [0, 0.05) is 19.3 Å². The lowest BCUT2D eigenvalue weighted by atomic mass is 10.2. The first kappa shape index (κ1) is 14.2. The fourth-order valence-electron chi connectivity index (χ4n) is 2.00. The molecule has 1 aromatic rings. The lowest BCUT2D eigenvalue weighted by Crippen LogP contribution is -2.35. The Bertz CT molecular complexity index is 554. The maximum absolute atomic E-state index is 12.0. The summed E-state index contributed by atoms with van der Waals surface area (Å²) < 4.78 is 0. The first-order valence-electron chi connectivity index (χ1n) is 6.65. The summed E-state index contributed by atoms with van der Waals surface area (Å²) >= 11 is 0. The zero-order chi connectivity index (χ0) is 14.4. The summed E-state index contributed by atoms with van der Waals surface area (Å²) in [5, 5.41) is 8.68. The second-order valence-electron chi connectivity index (χ2n) is 4.49. The van der Waals surface area contributed by atoms with Gasteiger partial charge in [-0.15, -0.1) is 0 Å². The van der Waals surface area contributed by atoms with E-state index in [0.29, 0.717) is 30.8 Å². The third-order valence-electron chi connectivity index (χ3n) is 2.95. The molecule has 2 rings (SSSR count). The van der Waals surface area contributed by atoms with Gasteiger partial charge < -0.3 is 5.11 Å². The molecule has 0 unspecified atom stereocenters. The van der Waals surface area contributed by atoms with Crippen molar-refractivity contribution in [2.24, 2.45) is 0 Å². The number of hydrogen-bond donors (Lipinski definition) is 1. The number of aliphatic hydroxyl groups excluding tert-OH is 1. The summed E-state index contributed by atoms with van der Waals surface area (Å²) in [6.07, 6.45) is 2.57. The lowest BCUT2D eigenvalue weighted by molar-refractivity contribution is -0.125. The van der Waals surface area contributed by atoms with Crippen LogP contribution in [0, 0.1) is 11.8 Å². The first-order chi connectivity index (χ1) is 9.72. The number of rotatable bonds is 2. The summed E-state index contributed by atoms with van der Waals surface area (Å²) in [4.78, 5) is 29.4. The Kier molecular flexibility index (Phi) is 4.85. The number of amides is 2. The molecule has 1 aliphatic heterocycles. The molecule has 0 radical (unpaired) electrons. The van der Waals surface area contributed by atoms with E-state index in [0.717, 1.165) is 17.7 Å². The minimum Gasteiger partial charge on any atom is -0.395 e. The van der Waals surface area contributed by atoms with E-state index in [1.807, 2.05) is 0 Å². The van der Waals surface area contributed by atoms with Gasteiger partial charge in [-0.2, -0.15) is 0 Å². The number of carbonyl (C=O) groups is 2. The number of nitrogens with zero attached hydrogens (tertiary/aromatic N) is 2. The van der Waals surface area contributed by atoms with Crippen molar-refractivity contribution in [3.8, 4) is 11.8 Å². The molecule has 0 bridgehead atoms. The molecule has 1 aromatic heterocycles. The van der Waals surface area contributed by atoms with Crippen LogP contribution in [0.2, 0.25) is 0 Å². The van der Waals surface area contributed by atoms with E-state index in [2.05, 4.69) is 16.8 Å². The third-order valence-corrected chi connectivity index (χ3v) is 2.95. The molecule has 20 heavy (non-hydrogen) atoms. The molecule has 0 spiro atoms. The standard InChI is InChI=1S/C15H16N2O3/c18-11-4-3-6-12-7-5-8-13(16-12)17-14(19)9-1-2-10-15(17)20/h5,7-8,18H,1-2,4,9-11H2. The highest BCUT2D eigenvalue weighted by molar-refractivity contribution is 6.14. The maximum atomic E-state index is 12.0. The van der Waals surface area contributed by atoms with Crippen molar-refractivity contribution in [2.75, 3.05) is 11.5 Å². The zero-order valence-electron chi connectivity index (χ0n) is 11.1. The fraction of sp³-hybridized carbons (Fsp3) is 0.400. The molecule has 0 saturated carbocycles. The summed E-state index contributed by atoms with van der Waals surface area (Å²) in [7, 11) is 0. The van der Waals surface area contributed by atoms with Crippen LogP contribution in [0.1, 0.15) is 37.8 Å². The van der Waals surface area contributed by atoms with Gasteiger partial charge in [0.2, 0.25) is 11.8 Å². The molecule has 5 nitrogen and oxygen atoms in total.